The molecular formula is C13H15BrN2O2. The van der Waals surface area contributed by atoms with E-state index in [-0.39, 0.29) is 24.1 Å². The van der Waals surface area contributed by atoms with Crippen LogP contribution in [0.3, 0.4) is 0 Å². The maximum absolute atomic E-state index is 12.4. The second kappa shape index (κ2) is 4.63. The van der Waals surface area contributed by atoms with E-state index in [0.29, 0.717) is 18.5 Å². The summed E-state index contributed by atoms with van der Waals surface area (Å²) in [7, 11) is 0. The maximum Gasteiger partial charge on any atom is 0.272 e. The summed E-state index contributed by atoms with van der Waals surface area (Å²) < 4.78 is 0.871. The van der Waals surface area contributed by atoms with E-state index in [0.717, 1.165) is 17.3 Å². The molecule has 1 amide bonds. The molecule has 2 aliphatic heterocycles. The molecule has 3 rings (SSSR count). The first-order valence-electron chi connectivity index (χ1n) is 6.27. The zero-order chi connectivity index (χ0) is 12.7. The number of nitrogens with zero attached hydrogens (tertiary/aromatic N) is 2. The number of piperidine rings is 1. The number of aliphatic hydroxyl groups excluding tert-OH is 1. The van der Waals surface area contributed by atoms with Crippen LogP contribution in [0.25, 0.3) is 0 Å². The molecular weight excluding hydrogens is 296 g/mol. The first-order valence-corrected chi connectivity index (χ1v) is 7.06. The Balaban J connectivity index is 1.83. The van der Waals surface area contributed by atoms with Gasteiger partial charge in [-0.05, 0) is 53.7 Å². The van der Waals surface area contributed by atoms with Crippen LogP contribution in [0.15, 0.2) is 22.8 Å². The van der Waals surface area contributed by atoms with Crippen LogP contribution < -0.4 is 0 Å². The van der Waals surface area contributed by atoms with E-state index in [1.165, 1.54) is 0 Å². The molecule has 2 aliphatic rings. The lowest BCUT2D eigenvalue weighted by Crippen LogP contribution is -2.48. The Labute approximate surface area is 114 Å². The fraction of sp³-hybridized carbons (Fsp3) is 0.538. The van der Waals surface area contributed by atoms with Crippen LogP contribution in [0.2, 0.25) is 0 Å². The Morgan fingerprint density at radius 1 is 1.33 bits per heavy atom. The molecule has 96 valence electrons. The molecule has 18 heavy (non-hydrogen) atoms. The second-order valence-electron chi connectivity index (χ2n) is 5.08. The number of hydrogen-bond donors (Lipinski definition) is 1. The van der Waals surface area contributed by atoms with Gasteiger partial charge in [0.15, 0.2) is 0 Å². The first-order chi connectivity index (χ1) is 8.65. The Kier molecular flexibility index (Phi) is 3.11. The van der Waals surface area contributed by atoms with Crippen molar-refractivity contribution in [3.05, 3.63) is 28.5 Å². The van der Waals surface area contributed by atoms with Crippen molar-refractivity contribution in [3.63, 3.8) is 0 Å². The molecule has 0 aliphatic carbocycles. The first kappa shape index (κ1) is 12.1. The van der Waals surface area contributed by atoms with Crippen LogP contribution in [-0.4, -0.2) is 39.1 Å². The summed E-state index contributed by atoms with van der Waals surface area (Å²) in [5, 5.41) is 9.74. The molecule has 0 spiro atoms. The largest absolute Gasteiger partial charge is 0.393 e. The van der Waals surface area contributed by atoms with Gasteiger partial charge in [0, 0.05) is 22.8 Å². The van der Waals surface area contributed by atoms with Gasteiger partial charge in [-0.3, -0.25) is 4.79 Å². The van der Waals surface area contributed by atoms with Crippen molar-refractivity contribution in [1.82, 2.24) is 9.88 Å². The van der Waals surface area contributed by atoms with Crippen molar-refractivity contribution < 1.29 is 9.90 Å². The average molecular weight is 311 g/mol. The molecule has 0 saturated carbocycles. The number of rotatable bonds is 1. The SMILES string of the molecule is O=C(c1ccc(Br)cn1)N1C2CCC1CC(O)C2. The van der Waals surface area contributed by atoms with Gasteiger partial charge in [0.05, 0.1) is 6.10 Å². The third kappa shape index (κ3) is 2.06. The smallest absolute Gasteiger partial charge is 0.272 e. The minimum atomic E-state index is -0.246. The van der Waals surface area contributed by atoms with Crippen LogP contribution in [0.5, 0.6) is 0 Å². The van der Waals surface area contributed by atoms with Gasteiger partial charge >= 0.3 is 0 Å². The topological polar surface area (TPSA) is 53.4 Å². The number of halogens is 1. The summed E-state index contributed by atoms with van der Waals surface area (Å²) in [6.07, 6.45) is 4.82. The van der Waals surface area contributed by atoms with Gasteiger partial charge in [-0.25, -0.2) is 4.98 Å². The number of carbonyl (C=O) groups is 1. The van der Waals surface area contributed by atoms with Gasteiger partial charge in [0.25, 0.3) is 5.91 Å². The van der Waals surface area contributed by atoms with Crippen LogP contribution in [-0.2, 0) is 0 Å². The summed E-state index contributed by atoms with van der Waals surface area (Å²) in [5.74, 6) is 0.00176. The van der Waals surface area contributed by atoms with Gasteiger partial charge < -0.3 is 10.0 Å². The van der Waals surface area contributed by atoms with Crippen molar-refractivity contribution in [2.24, 2.45) is 0 Å². The quantitative estimate of drug-likeness (QED) is 0.863. The van der Waals surface area contributed by atoms with Crippen LogP contribution in [0.4, 0.5) is 0 Å². The highest BCUT2D eigenvalue weighted by atomic mass is 79.9. The number of pyridine rings is 1. The molecule has 2 saturated heterocycles. The van der Waals surface area contributed by atoms with Crippen molar-refractivity contribution >= 4 is 21.8 Å². The van der Waals surface area contributed by atoms with Crippen molar-refractivity contribution in [3.8, 4) is 0 Å². The molecule has 0 aromatic carbocycles. The van der Waals surface area contributed by atoms with Crippen LogP contribution in [0, 0.1) is 0 Å². The number of amides is 1. The lowest BCUT2D eigenvalue weighted by Gasteiger charge is -2.36. The standard InChI is InChI=1S/C13H15BrN2O2/c14-8-1-4-12(15-7-8)13(18)16-9-2-3-10(16)6-11(17)5-9/h1,4,7,9-11,17H,2-3,5-6H2. The highest BCUT2D eigenvalue weighted by molar-refractivity contribution is 9.10. The van der Waals surface area contributed by atoms with Crippen molar-refractivity contribution in [2.45, 2.75) is 43.9 Å². The zero-order valence-electron chi connectivity index (χ0n) is 9.92. The molecule has 2 bridgehead atoms. The normalized spacial score (nSPS) is 30.6. The highest BCUT2D eigenvalue weighted by Gasteiger charge is 2.43. The van der Waals surface area contributed by atoms with Crippen LogP contribution >= 0.6 is 15.9 Å². The van der Waals surface area contributed by atoms with E-state index >= 15 is 0 Å². The van der Waals surface area contributed by atoms with Gasteiger partial charge in [-0.1, -0.05) is 0 Å². The number of aliphatic hydroxyl groups is 1. The van der Waals surface area contributed by atoms with E-state index in [9.17, 15) is 9.90 Å². The number of fused-ring (bicyclic) bond motifs is 2. The predicted octanol–water partition coefficient (Wildman–Crippen LogP) is 1.97. The molecule has 0 radical (unpaired) electrons. The Morgan fingerprint density at radius 3 is 2.56 bits per heavy atom. The fourth-order valence-electron chi connectivity index (χ4n) is 3.11. The molecule has 1 aromatic rings. The maximum atomic E-state index is 12.4. The molecule has 1 N–H and O–H groups in total. The summed E-state index contributed by atoms with van der Waals surface area (Å²) in [6, 6.07) is 3.96. The van der Waals surface area contributed by atoms with Gasteiger partial charge in [-0.2, -0.15) is 0 Å². The molecule has 4 nitrogen and oxygen atoms in total. The summed E-state index contributed by atoms with van der Waals surface area (Å²) in [4.78, 5) is 18.5. The average Bonchev–Trinajstić information content (AvgIpc) is 2.62. The molecule has 5 heteroatoms. The zero-order valence-corrected chi connectivity index (χ0v) is 11.5. The van der Waals surface area contributed by atoms with Gasteiger partial charge in [0.2, 0.25) is 0 Å². The Morgan fingerprint density at radius 2 is 2.00 bits per heavy atom. The number of carbonyl (C=O) groups excluding carboxylic acids is 1. The highest BCUT2D eigenvalue weighted by Crippen LogP contribution is 2.36. The van der Waals surface area contributed by atoms with Crippen molar-refractivity contribution in [1.29, 1.82) is 0 Å². The summed E-state index contributed by atoms with van der Waals surface area (Å²) >= 11 is 3.31. The lowest BCUT2D eigenvalue weighted by molar-refractivity contribution is 0.0282. The Bertz CT molecular complexity index is 449. The van der Waals surface area contributed by atoms with E-state index in [1.807, 2.05) is 11.0 Å². The van der Waals surface area contributed by atoms with Gasteiger partial charge in [-0.15, -0.1) is 0 Å². The second-order valence-corrected chi connectivity index (χ2v) is 6.00. The minimum Gasteiger partial charge on any atom is -0.393 e. The molecule has 2 atom stereocenters. The van der Waals surface area contributed by atoms with Gasteiger partial charge in [0.1, 0.15) is 5.69 Å². The summed E-state index contributed by atoms with van der Waals surface area (Å²) in [5.41, 5.74) is 0.492. The predicted molar refractivity (Wildman–Crippen MR) is 70.2 cm³/mol. The van der Waals surface area contributed by atoms with E-state index in [2.05, 4.69) is 20.9 Å². The van der Waals surface area contributed by atoms with E-state index in [1.54, 1.807) is 12.3 Å². The molecule has 2 unspecified atom stereocenters. The van der Waals surface area contributed by atoms with Crippen LogP contribution in [0.1, 0.15) is 36.2 Å². The monoisotopic (exact) mass is 310 g/mol. The van der Waals surface area contributed by atoms with Crippen molar-refractivity contribution in [2.75, 3.05) is 0 Å². The minimum absolute atomic E-state index is 0.00176. The molecule has 3 heterocycles. The molecule has 1 aromatic heterocycles. The molecule has 2 fully saturated rings. The number of hydrogen-bond acceptors (Lipinski definition) is 3. The van der Waals surface area contributed by atoms with E-state index in [4.69, 9.17) is 0 Å². The number of aromatic nitrogens is 1. The third-order valence-electron chi connectivity index (χ3n) is 3.89. The summed E-state index contributed by atoms with van der Waals surface area (Å²) in [6.45, 7) is 0. The third-order valence-corrected chi connectivity index (χ3v) is 4.36. The fourth-order valence-corrected chi connectivity index (χ4v) is 3.35. The van der Waals surface area contributed by atoms with E-state index < -0.39 is 0 Å². The Hall–Kier alpha value is -0.940. The lowest BCUT2D eigenvalue weighted by atomic mass is 9.99.